The van der Waals surface area contributed by atoms with Gasteiger partial charge in [0.1, 0.15) is 5.75 Å². The van der Waals surface area contributed by atoms with Gasteiger partial charge in [-0.15, -0.1) is 11.3 Å². The Hall–Kier alpha value is -2.34. The molecule has 5 nitrogen and oxygen atoms in total. The van der Waals surface area contributed by atoms with E-state index in [1.807, 2.05) is 31.4 Å². The van der Waals surface area contributed by atoms with Crippen molar-refractivity contribution in [1.29, 1.82) is 0 Å². The molecule has 6 heteroatoms. The molecule has 0 unspecified atom stereocenters. The van der Waals surface area contributed by atoms with Crippen LogP contribution >= 0.6 is 11.3 Å². The van der Waals surface area contributed by atoms with Crippen molar-refractivity contribution in [2.24, 2.45) is 0 Å². The Bertz CT molecular complexity index is 665. The Labute approximate surface area is 145 Å². The SMILES string of the molecule is CC(C)Oc1ccc([C@H](CC(=O)O)NC(=O)Cc2cccs2)cc1. The largest absolute Gasteiger partial charge is 0.491 e. The zero-order valence-corrected chi connectivity index (χ0v) is 14.5. The average Bonchev–Trinajstić information content (AvgIpc) is 2.99. The van der Waals surface area contributed by atoms with Crippen LogP contribution in [0.1, 0.15) is 36.8 Å². The minimum atomic E-state index is -0.959. The fourth-order valence-corrected chi connectivity index (χ4v) is 3.00. The zero-order valence-electron chi connectivity index (χ0n) is 13.7. The minimum Gasteiger partial charge on any atom is -0.491 e. The van der Waals surface area contributed by atoms with Crippen LogP contribution in [0.4, 0.5) is 0 Å². The fourth-order valence-electron chi connectivity index (χ4n) is 2.29. The Morgan fingerprint density at radius 1 is 1.21 bits per heavy atom. The van der Waals surface area contributed by atoms with Crippen molar-refractivity contribution in [3.05, 3.63) is 52.2 Å². The van der Waals surface area contributed by atoms with Gasteiger partial charge in [-0.3, -0.25) is 9.59 Å². The lowest BCUT2D eigenvalue weighted by Gasteiger charge is -2.18. The lowest BCUT2D eigenvalue weighted by Crippen LogP contribution is -2.31. The van der Waals surface area contributed by atoms with Crippen LogP contribution in [-0.4, -0.2) is 23.1 Å². The van der Waals surface area contributed by atoms with Gasteiger partial charge in [0.25, 0.3) is 0 Å². The summed E-state index contributed by atoms with van der Waals surface area (Å²) in [5.41, 5.74) is 0.744. The van der Waals surface area contributed by atoms with Gasteiger partial charge in [-0.1, -0.05) is 18.2 Å². The van der Waals surface area contributed by atoms with Crippen molar-refractivity contribution in [3.63, 3.8) is 0 Å². The van der Waals surface area contributed by atoms with Crippen LogP contribution in [0.3, 0.4) is 0 Å². The number of ether oxygens (including phenoxy) is 1. The lowest BCUT2D eigenvalue weighted by molar-refractivity contribution is -0.137. The molecule has 2 rings (SSSR count). The average molecular weight is 347 g/mol. The standard InChI is InChI=1S/C18H21NO4S/c1-12(2)23-14-7-5-13(6-8-14)16(11-18(21)22)19-17(20)10-15-4-3-9-24-15/h3-9,12,16H,10-11H2,1-2H3,(H,19,20)(H,21,22)/t16-/m0/s1. The van der Waals surface area contributed by atoms with Crippen molar-refractivity contribution in [1.82, 2.24) is 5.32 Å². The number of rotatable bonds is 8. The van der Waals surface area contributed by atoms with E-state index in [9.17, 15) is 9.59 Å². The highest BCUT2D eigenvalue weighted by atomic mass is 32.1. The Morgan fingerprint density at radius 3 is 2.46 bits per heavy atom. The second-order valence-corrected chi connectivity index (χ2v) is 6.74. The third-order valence-corrected chi connectivity index (χ3v) is 4.16. The van der Waals surface area contributed by atoms with Gasteiger partial charge >= 0.3 is 5.97 Å². The smallest absolute Gasteiger partial charge is 0.305 e. The maximum Gasteiger partial charge on any atom is 0.305 e. The highest BCUT2D eigenvalue weighted by Crippen LogP contribution is 2.22. The van der Waals surface area contributed by atoms with Gasteiger partial charge in [0.2, 0.25) is 5.91 Å². The molecule has 2 aromatic rings. The van der Waals surface area contributed by atoms with Gasteiger partial charge in [0.15, 0.2) is 0 Å². The second-order valence-electron chi connectivity index (χ2n) is 5.71. The number of hydrogen-bond donors (Lipinski definition) is 2. The van der Waals surface area contributed by atoms with Crippen molar-refractivity contribution < 1.29 is 19.4 Å². The molecule has 1 heterocycles. The molecule has 0 radical (unpaired) electrons. The van der Waals surface area contributed by atoms with Gasteiger partial charge in [0, 0.05) is 4.88 Å². The van der Waals surface area contributed by atoms with Crippen molar-refractivity contribution in [2.75, 3.05) is 0 Å². The molecule has 1 aromatic carbocycles. The third kappa shape index (κ3) is 5.70. The molecule has 0 aliphatic heterocycles. The predicted molar refractivity (Wildman–Crippen MR) is 93.4 cm³/mol. The monoisotopic (exact) mass is 347 g/mol. The van der Waals surface area contributed by atoms with Crippen LogP contribution in [0.15, 0.2) is 41.8 Å². The quantitative estimate of drug-likeness (QED) is 0.767. The van der Waals surface area contributed by atoms with E-state index in [2.05, 4.69) is 5.32 Å². The molecule has 0 spiro atoms. The van der Waals surface area contributed by atoms with E-state index in [1.54, 1.807) is 24.3 Å². The summed E-state index contributed by atoms with van der Waals surface area (Å²) in [6.07, 6.45) is 0.152. The summed E-state index contributed by atoms with van der Waals surface area (Å²) in [7, 11) is 0. The predicted octanol–water partition coefficient (Wildman–Crippen LogP) is 3.41. The van der Waals surface area contributed by atoms with E-state index < -0.39 is 12.0 Å². The molecule has 0 fully saturated rings. The first kappa shape index (κ1) is 18.0. The van der Waals surface area contributed by atoms with Gasteiger partial charge in [0.05, 0.1) is 25.0 Å². The number of hydrogen-bond acceptors (Lipinski definition) is 4. The third-order valence-electron chi connectivity index (χ3n) is 3.28. The highest BCUT2D eigenvalue weighted by molar-refractivity contribution is 7.10. The molecule has 1 amide bonds. The Balaban J connectivity index is 2.06. The number of amides is 1. The topological polar surface area (TPSA) is 75.6 Å². The van der Waals surface area contributed by atoms with Crippen LogP contribution in [-0.2, 0) is 16.0 Å². The number of nitrogens with one attached hydrogen (secondary N) is 1. The van der Waals surface area contributed by atoms with Crippen molar-refractivity contribution in [3.8, 4) is 5.75 Å². The highest BCUT2D eigenvalue weighted by Gasteiger charge is 2.18. The molecule has 0 aliphatic rings. The summed E-state index contributed by atoms with van der Waals surface area (Å²) in [6, 6.07) is 10.4. The molecule has 1 atom stereocenters. The van der Waals surface area contributed by atoms with E-state index in [1.165, 1.54) is 11.3 Å². The van der Waals surface area contributed by atoms with Crippen LogP contribution in [0, 0.1) is 0 Å². The van der Waals surface area contributed by atoms with Crippen LogP contribution in [0.2, 0.25) is 0 Å². The van der Waals surface area contributed by atoms with E-state index in [0.29, 0.717) is 5.75 Å². The lowest BCUT2D eigenvalue weighted by atomic mass is 10.0. The molecule has 24 heavy (non-hydrogen) atoms. The molecule has 1 aromatic heterocycles. The molecule has 0 saturated heterocycles. The van der Waals surface area contributed by atoms with Crippen molar-refractivity contribution in [2.45, 2.75) is 38.8 Å². The van der Waals surface area contributed by atoms with Gasteiger partial charge < -0.3 is 15.2 Å². The minimum absolute atomic E-state index is 0.0659. The van der Waals surface area contributed by atoms with E-state index in [0.717, 1.165) is 10.4 Å². The number of thiophene rings is 1. The maximum atomic E-state index is 12.2. The van der Waals surface area contributed by atoms with Crippen LogP contribution in [0.5, 0.6) is 5.75 Å². The number of carbonyl (C=O) groups excluding carboxylic acids is 1. The first-order valence-corrected chi connectivity index (χ1v) is 8.62. The Kier molecular flexibility index (Phi) is 6.37. The van der Waals surface area contributed by atoms with E-state index >= 15 is 0 Å². The molecular formula is C18H21NO4S. The molecule has 128 valence electrons. The summed E-state index contributed by atoms with van der Waals surface area (Å²) in [5, 5.41) is 13.8. The number of carboxylic acids is 1. The molecule has 2 N–H and O–H groups in total. The van der Waals surface area contributed by atoms with Crippen LogP contribution < -0.4 is 10.1 Å². The molecule has 0 aliphatic carbocycles. The summed E-state index contributed by atoms with van der Waals surface area (Å²) in [6.45, 7) is 3.87. The van der Waals surface area contributed by atoms with E-state index in [4.69, 9.17) is 9.84 Å². The van der Waals surface area contributed by atoms with Crippen LogP contribution in [0.25, 0.3) is 0 Å². The summed E-state index contributed by atoms with van der Waals surface area (Å²) in [4.78, 5) is 24.2. The summed E-state index contributed by atoms with van der Waals surface area (Å²) < 4.78 is 5.58. The maximum absolute atomic E-state index is 12.2. The normalized spacial score (nSPS) is 12.0. The molecular weight excluding hydrogens is 326 g/mol. The van der Waals surface area contributed by atoms with Gasteiger partial charge in [-0.05, 0) is 43.0 Å². The van der Waals surface area contributed by atoms with E-state index in [-0.39, 0.29) is 24.9 Å². The number of carbonyl (C=O) groups is 2. The van der Waals surface area contributed by atoms with Crippen molar-refractivity contribution >= 4 is 23.2 Å². The second kappa shape index (κ2) is 8.49. The fraction of sp³-hybridized carbons (Fsp3) is 0.333. The number of carboxylic acid groups (broad SMARTS) is 1. The zero-order chi connectivity index (χ0) is 17.5. The molecule has 0 bridgehead atoms. The van der Waals surface area contributed by atoms with Gasteiger partial charge in [-0.25, -0.2) is 0 Å². The molecule has 0 saturated carbocycles. The first-order valence-electron chi connectivity index (χ1n) is 7.74. The summed E-state index contributed by atoms with van der Waals surface area (Å²) in [5.74, 6) is -0.433. The Morgan fingerprint density at radius 2 is 1.92 bits per heavy atom. The first-order chi connectivity index (χ1) is 11.4. The number of benzene rings is 1. The summed E-state index contributed by atoms with van der Waals surface area (Å²) >= 11 is 1.50. The van der Waals surface area contributed by atoms with Gasteiger partial charge in [-0.2, -0.15) is 0 Å². The number of aliphatic carboxylic acids is 1.